The first-order chi connectivity index (χ1) is 17.8. The summed E-state index contributed by atoms with van der Waals surface area (Å²) < 4.78 is 33.0. The smallest absolute Gasteiger partial charge is 0.261 e. The molecule has 7 nitrogen and oxygen atoms in total. The summed E-state index contributed by atoms with van der Waals surface area (Å²) >= 11 is 5.30. The van der Waals surface area contributed by atoms with Gasteiger partial charge in [0.25, 0.3) is 5.91 Å². The second-order valence-electron chi connectivity index (χ2n) is 8.58. The molecule has 0 saturated heterocycles. The molecule has 0 spiro atoms. The average Bonchev–Trinajstić information content (AvgIpc) is 2.89. The quantitative estimate of drug-likeness (QED) is 0.230. The molecule has 37 heavy (non-hydrogen) atoms. The molecule has 3 rings (SSSR count). The molecule has 196 valence electrons. The van der Waals surface area contributed by atoms with Gasteiger partial charge in [0.05, 0.1) is 17.1 Å². The lowest BCUT2D eigenvalue weighted by Crippen LogP contribution is -2.34. The monoisotopic (exact) mass is 539 g/mol. The summed E-state index contributed by atoms with van der Waals surface area (Å²) in [5.41, 5.74) is 1.84. The molecule has 0 aliphatic carbocycles. The SMILES string of the molecule is CCCCCCOc1ccccc1C(=O)NC(=S)Nc1ccc(S(=O)(=O)N(C)Cc2ccccc2)cc1. The van der Waals surface area contributed by atoms with Gasteiger partial charge in [-0.15, -0.1) is 0 Å². The Balaban J connectivity index is 1.57. The van der Waals surface area contributed by atoms with Gasteiger partial charge < -0.3 is 10.1 Å². The lowest BCUT2D eigenvalue weighted by atomic mass is 10.2. The minimum Gasteiger partial charge on any atom is -0.493 e. The third-order valence-corrected chi connectivity index (χ3v) is 7.70. The number of rotatable bonds is 12. The van der Waals surface area contributed by atoms with E-state index in [4.69, 9.17) is 17.0 Å². The van der Waals surface area contributed by atoms with Crippen molar-refractivity contribution in [3.63, 3.8) is 0 Å². The molecule has 0 saturated carbocycles. The Hall–Kier alpha value is -3.27. The van der Waals surface area contributed by atoms with E-state index in [0.29, 0.717) is 23.6 Å². The van der Waals surface area contributed by atoms with Gasteiger partial charge in [0.15, 0.2) is 5.11 Å². The van der Waals surface area contributed by atoms with Gasteiger partial charge in [-0.3, -0.25) is 10.1 Å². The van der Waals surface area contributed by atoms with Gasteiger partial charge in [0.2, 0.25) is 10.0 Å². The Labute approximate surface area is 224 Å². The molecule has 0 unspecified atom stereocenters. The number of carbonyl (C=O) groups is 1. The molecule has 0 aliphatic rings. The molecular formula is C28H33N3O4S2. The first-order valence-electron chi connectivity index (χ1n) is 12.3. The highest BCUT2D eigenvalue weighted by molar-refractivity contribution is 7.89. The Morgan fingerprint density at radius 2 is 1.59 bits per heavy atom. The van der Waals surface area contributed by atoms with Crippen LogP contribution in [0.15, 0.2) is 83.8 Å². The molecule has 3 aromatic rings. The molecule has 0 heterocycles. The van der Waals surface area contributed by atoms with Crippen LogP contribution in [-0.4, -0.2) is 37.4 Å². The number of para-hydroxylation sites is 1. The lowest BCUT2D eigenvalue weighted by Gasteiger charge is -2.18. The number of hydrogen-bond donors (Lipinski definition) is 2. The number of thiocarbonyl (C=S) groups is 1. The molecule has 1 amide bonds. The molecule has 0 aromatic heterocycles. The number of nitrogens with one attached hydrogen (secondary N) is 2. The van der Waals surface area contributed by atoms with Crippen LogP contribution in [0.3, 0.4) is 0 Å². The summed E-state index contributed by atoms with van der Waals surface area (Å²) in [6, 6.07) is 22.7. The van der Waals surface area contributed by atoms with Crippen molar-refractivity contribution < 1.29 is 17.9 Å². The second-order valence-corrected chi connectivity index (χ2v) is 11.0. The number of nitrogens with zero attached hydrogens (tertiary/aromatic N) is 1. The third-order valence-electron chi connectivity index (χ3n) is 5.68. The van der Waals surface area contributed by atoms with Gasteiger partial charge in [-0.25, -0.2) is 8.42 Å². The van der Waals surface area contributed by atoms with Gasteiger partial charge in [-0.2, -0.15) is 4.31 Å². The van der Waals surface area contributed by atoms with Gasteiger partial charge >= 0.3 is 0 Å². The zero-order valence-corrected chi connectivity index (χ0v) is 22.8. The Morgan fingerprint density at radius 1 is 0.919 bits per heavy atom. The Bertz CT molecular complexity index is 1280. The molecule has 0 radical (unpaired) electrons. The van der Waals surface area contributed by atoms with Crippen LogP contribution in [0.2, 0.25) is 0 Å². The largest absolute Gasteiger partial charge is 0.493 e. The van der Waals surface area contributed by atoms with Crippen LogP contribution >= 0.6 is 12.2 Å². The van der Waals surface area contributed by atoms with Crippen molar-refractivity contribution in [3.05, 3.63) is 90.0 Å². The number of unbranched alkanes of at least 4 members (excludes halogenated alkanes) is 3. The van der Waals surface area contributed by atoms with Crippen LogP contribution in [0.1, 0.15) is 48.5 Å². The van der Waals surface area contributed by atoms with E-state index in [0.717, 1.165) is 31.2 Å². The zero-order chi connectivity index (χ0) is 26.7. The van der Waals surface area contributed by atoms with Crippen molar-refractivity contribution in [1.82, 2.24) is 9.62 Å². The summed E-state index contributed by atoms with van der Waals surface area (Å²) in [7, 11) is -2.12. The predicted octanol–water partition coefficient (Wildman–Crippen LogP) is 5.59. The van der Waals surface area contributed by atoms with Crippen LogP contribution in [-0.2, 0) is 16.6 Å². The summed E-state index contributed by atoms with van der Waals surface area (Å²) in [6.45, 7) is 2.96. The highest BCUT2D eigenvalue weighted by Gasteiger charge is 2.21. The number of anilines is 1. The molecule has 9 heteroatoms. The van der Waals surface area contributed by atoms with E-state index in [-0.39, 0.29) is 22.5 Å². The van der Waals surface area contributed by atoms with E-state index >= 15 is 0 Å². The highest BCUT2D eigenvalue weighted by Crippen LogP contribution is 2.20. The van der Waals surface area contributed by atoms with Crippen LogP contribution in [0.5, 0.6) is 5.75 Å². The number of amides is 1. The number of hydrogen-bond acceptors (Lipinski definition) is 5. The van der Waals surface area contributed by atoms with E-state index in [2.05, 4.69) is 17.6 Å². The standard InChI is InChI=1S/C28H33N3O4S2/c1-3-4-5-11-20-35-26-15-10-9-14-25(26)27(32)30-28(36)29-23-16-18-24(19-17-23)37(33,34)31(2)21-22-12-7-6-8-13-22/h6-10,12-19H,3-5,11,20-21H2,1-2H3,(H2,29,30,32,36). The molecule has 3 aromatic carbocycles. The maximum atomic E-state index is 12.9. The minimum absolute atomic E-state index is 0.0968. The van der Waals surface area contributed by atoms with Crippen LogP contribution < -0.4 is 15.4 Å². The number of benzene rings is 3. The molecule has 0 fully saturated rings. The van der Waals surface area contributed by atoms with Crippen molar-refractivity contribution in [2.75, 3.05) is 19.0 Å². The van der Waals surface area contributed by atoms with Crippen LogP contribution in [0.25, 0.3) is 0 Å². The van der Waals surface area contributed by atoms with Crippen molar-refractivity contribution in [1.29, 1.82) is 0 Å². The van der Waals surface area contributed by atoms with Crippen molar-refractivity contribution >= 4 is 38.9 Å². The van der Waals surface area contributed by atoms with Crippen LogP contribution in [0.4, 0.5) is 5.69 Å². The Morgan fingerprint density at radius 3 is 2.30 bits per heavy atom. The fraction of sp³-hybridized carbons (Fsp3) is 0.286. The molecular weight excluding hydrogens is 506 g/mol. The van der Waals surface area contributed by atoms with E-state index in [1.807, 2.05) is 36.4 Å². The van der Waals surface area contributed by atoms with Crippen molar-refractivity contribution in [3.8, 4) is 5.75 Å². The van der Waals surface area contributed by atoms with Gasteiger partial charge in [-0.1, -0.05) is 68.7 Å². The zero-order valence-electron chi connectivity index (χ0n) is 21.1. The first kappa shape index (κ1) is 28.3. The van der Waals surface area contributed by atoms with Crippen LogP contribution in [0, 0.1) is 0 Å². The average molecular weight is 540 g/mol. The summed E-state index contributed by atoms with van der Waals surface area (Å²) in [4.78, 5) is 13.0. The molecule has 0 atom stereocenters. The number of ether oxygens (including phenoxy) is 1. The number of carbonyl (C=O) groups excluding carboxylic acids is 1. The minimum atomic E-state index is -3.67. The highest BCUT2D eigenvalue weighted by atomic mass is 32.2. The van der Waals surface area contributed by atoms with Crippen molar-refractivity contribution in [2.45, 2.75) is 44.0 Å². The Kier molecular flexibility index (Phi) is 10.6. The van der Waals surface area contributed by atoms with E-state index in [9.17, 15) is 13.2 Å². The third kappa shape index (κ3) is 8.38. The summed E-state index contributed by atoms with van der Waals surface area (Å²) in [5.74, 6) is 0.122. The topological polar surface area (TPSA) is 87.7 Å². The molecule has 2 N–H and O–H groups in total. The lowest BCUT2D eigenvalue weighted by molar-refractivity contribution is 0.0973. The maximum Gasteiger partial charge on any atom is 0.261 e. The van der Waals surface area contributed by atoms with Gasteiger partial charge in [0, 0.05) is 19.3 Å². The number of sulfonamides is 1. The van der Waals surface area contributed by atoms with E-state index in [1.54, 1.807) is 37.4 Å². The van der Waals surface area contributed by atoms with E-state index < -0.39 is 10.0 Å². The normalized spacial score (nSPS) is 11.2. The van der Waals surface area contributed by atoms with Crippen molar-refractivity contribution in [2.24, 2.45) is 0 Å². The van der Waals surface area contributed by atoms with Gasteiger partial charge in [-0.05, 0) is 60.6 Å². The van der Waals surface area contributed by atoms with E-state index in [1.165, 1.54) is 16.4 Å². The first-order valence-corrected chi connectivity index (χ1v) is 14.1. The molecule has 0 bridgehead atoms. The summed E-state index contributed by atoms with van der Waals surface area (Å²) in [5, 5.41) is 5.68. The van der Waals surface area contributed by atoms with Gasteiger partial charge in [0.1, 0.15) is 5.75 Å². The molecule has 0 aliphatic heterocycles. The fourth-order valence-electron chi connectivity index (χ4n) is 3.64. The maximum absolute atomic E-state index is 12.9. The predicted molar refractivity (Wildman–Crippen MR) is 151 cm³/mol. The second kappa shape index (κ2) is 13.9. The summed E-state index contributed by atoms with van der Waals surface area (Å²) in [6.07, 6.45) is 4.32. The fourth-order valence-corrected chi connectivity index (χ4v) is 5.01.